The normalized spacial score (nSPS) is 32.1. The van der Waals surface area contributed by atoms with Gasteiger partial charge in [0.15, 0.2) is 0 Å². The molecule has 94 valence electrons. The summed E-state index contributed by atoms with van der Waals surface area (Å²) in [4.78, 5) is 0.488. The molecule has 17 heavy (non-hydrogen) atoms. The Morgan fingerprint density at radius 2 is 2.18 bits per heavy atom. The summed E-state index contributed by atoms with van der Waals surface area (Å²) in [6.45, 7) is 4.36. The highest BCUT2D eigenvalue weighted by atomic mass is 79.9. The smallest absolute Gasteiger partial charge is 0.128 e. The molecule has 1 aromatic carbocycles. The molecule has 2 rings (SSSR count). The van der Waals surface area contributed by atoms with E-state index in [0.717, 1.165) is 12.8 Å². The number of ether oxygens (including phenoxy) is 1. The number of hydrogen-bond acceptors (Lipinski definition) is 1. The maximum Gasteiger partial charge on any atom is 0.128 e. The third-order valence-electron chi connectivity index (χ3n) is 3.75. The van der Waals surface area contributed by atoms with Gasteiger partial charge in [-0.25, -0.2) is 4.39 Å². The Bertz CT molecular complexity index is 404. The van der Waals surface area contributed by atoms with Gasteiger partial charge in [0.1, 0.15) is 17.7 Å². The molecule has 3 atom stereocenters. The molecule has 0 aliphatic heterocycles. The van der Waals surface area contributed by atoms with Crippen molar-refractivity contribution in [3.05, 3.63) is 28.5 Å². The zero-order chi connectivity index (χ0) is 12.6. The molecule has 0 aromatic heterocycles. The maximum absolute atomic E-state index is 13.2. The average Bonchev–Trinajstić information content (AvgIpc) is 2.26. The number of halogens is 3. The largest absolute Gasteiger partial charge is 0.490 e. The fourth-order valence-corrected chi connectivity index (χ4v) is 3.56. The minimum atomic E-state index is -0.276. The molecule has 1 aromatic rings. The molecule has 1 aliphatic rings. The van der Waals surface area contributed by atoms with Crippen LogP contribution in [-0.4, -0.2) is 10.9 Å². The van der Waals surface area contributed by atoms with Crippen molar-refractivity contribution in [3.63, 3.8) is 0 Å². The van der Waals surface area contributed by atoms with Gasteiger partial charge in [-0.15, -0.1) is 0 Å². The van der Waals surface area contributed by atoms with Crippen LogP contribution in [0.15, 0.2) is 22.7 Å². The lowest BCUT2D eigenvalue weighted by atomic mass is 9.65. The van der Waals surface area contributed by atoms with Crippen LogP contribution in [0.5, 0.6) is 5.75 Å². The fraction of sp³-hybridized carbons (Fsp3) is 0.538. The summed E-state index contributed by atoms with van der Waals surface area (Å²) in [6.07, 6.45) is 2.17. The lowest BCUT2D eigenvalue weighted by Gasteiger charge is -2.50. The van der Waals surface area contributed by atoms with Crippen LogP contribution in [0, 0.1) is 11.2 Å². The Morgan fingerprint density at radius 1 is 1.47 bits per heavy atom. The summed E-state index contributed by atoms with van der Waals surface area (Å²) in [5, 5.41) is 0. The molecule has 0 heterocycles. The third-order valence-corrected chi connectivity index (χ3v) is 5.63. The van der Waals surface area contributed by atoms with E-state index in [-0.39, 0.29) is 17.3 Å². The molecule has 0 radical (unpaired) electrons. The highest BCUT2D eigenvalue weighted by molar-refractivity contribution is 9.10. The predicted octanol–water partition coefficient (Wildman–Crippen LogP) is 4.92. The van der Waals surface area contributed by atoms with Crippen LogP contribution in [0.3, 0.4) is 0 Å². The molecule has 0 spiro atoms. The minimum absolute atomic E-state index is 0.138. The molecule has 0 saturated heterocycles. The standard InChI is InChI=1S/C13H15Br2FO/c1-3-13(2)11(15)7-12(13)17-10-5-8(14)4-9(16)6-10/h4-6,11-12H,3,7H2,1-2H3. The van der Waals surface area contributed by atoms with Gasteiger partial charge in [-0.1, -0.05) is 45.7 Å². The summed E-state index contributed by atoms with van der Waals surface area (Å²) >= 11 is 6.93. The monoisotopic (exact) mass is 364 g/mol. The molecule has 1 aliphatic carbocycles. The second-order valence-corrected chi connectivity index (χ2v) is 6.80. The van der Waals surface area contributed by atoms with Crippen LogP contribution in [0.4, 0.5) is 4.39 Å². The molecule has 4 heteroatoms. The zero-order valence-electron chi connectivity index (χ0n) is 9.84. The lowest BCUT2D eigenvalue weighted by Crippen LogP contribution is -2.54. The number of benzene rings is 1. The van der Waals surface area contributed by atoms with E-state index in [2.05, 4.69) is 45.7 Å². The average molecular weight is 366 g/mol. The summed E-state index contributed by atoms with van der Waals surface area (Å²) in [6, 6.07) is 4.67. The molecule has 3 unspecified atom stereocenters. The highest BCUT2D eigenvalue weighted by Crippen LogP contribution is 2.50. The highest BCUT2D eigenvalue weighted by Gasteiger charge is 2.50. The van der Waals surface area contributed by atoms with Crippen molar-refractivity contribution in [3.8, 4) is 5.75 Å². The summed E-state index contributed by atoms with van der Waals surface area (Å²) in [5.74, 6) is 0.322. The van der Waals surface area contributed by atoms with Gasteiger partial charge in [0.25, 0.3) is 0 Å². The van der Waals surface area contributed by atoms with Crippen molar-refractivity contribution in [2.45, 2.75) is 37.6 Å². The van der Waals surface area contributed by atoms with Gasteiger partial charge in [-0.2, -0.15) is 0 Å². The quantitative estimate of drug-likeness (QED) is 0.691. The maximum atomic E-state index is 13.2. The molecule has 1 nitrogen and oxygen atoms in total. The van der Waals surface area contributed by atoms with Crippen molar-refractivity contribution < 1.29 is 9.13 Å². The third kappa shape index (κ3) is 2.53. The van der Waals surface area contributed by atoms with Crippen molar-refractivity contribution >= 4 is 31.9 Å². The Labute approximate surface area is 118 Å². The van der Waals surface area contributed by atoms with Gasteiger partial charge in [0.2, 0.25) is 0 Å². The summed E-state index contributed by atoms with van der Waals surface area (Å²) < 4.78 is 19.8. The number of rotatable bonds is 3. The van der Waals surface area contributed by atoms with E-state index >= 15 is 0 Å². The van der Waals surface area contributed by atoms with Gasteiger partial charge in [0, 0.05) is 20.8 Å². The van der Waals surface area contributed by atoms with Gasteiger partial charge >= 0.3 is 0 Å². The van der Waals surface area contributed by atoms with Gasteiger partial charge < -0.3 is 4.74 Å². The topological polar surface area (TPSA) is 9.23 Å². The van der Waals surface area contributed by atoms with E-state index in [4.69, 9.17) is 4.74 Å². The SMILES string of the molecule is CCC1(C)C(Br)CC1Oc1cc(F)cc(Br)c1. The Morgan fingerprint density at radius 3 is 2.71 bits per heavy atom. The van der Waals surface area contributed by atoms with Crippen LogP contribution < -0.4 is 4.74 Å². The predicted molar refractivity (Wildman–Crippen MR) is 74.2 cm³/mol. The lowest BCUT2D eigenvalue weighted by molar-refractivity contribution is -0.0245. The van der Waals surface area contributed by atoms with Gasteiger partial charge in [-0.05, 0) is 25.0 Å². The molecule has 0 N–H and O–H groups in total. The molecule has 1 fully saturated rings. The summed E-state index contributed by atoms with van der Waals surface area (Å²) in [5.41, 5.74) is 0.138. The van der Waals surface area contributed by atoms with Crippen LogP contribution in [0.25, 0.3) is 0 Å². The summed E-state index contributed by atoms with van der Waals surface area (Å²) in [7, 11) is 0. The molecule has 0 bridgehead atoms. The van der Waals surface area contributed by atoms with E-state index in [9.17, 15) is 4.39 Å². The van der Waals surface area contributed by atoms with Crippen LogP contribution in [0.1, 0.15) is 26.7 Å². The van der Waals surface area contributed by atoms with Crippen molar-refractivity contribution in [1.82, 2.24) is 0 Å². The first-order valence-electron chi connectivity index (χ1n) is 5.72. The molecule has 1 saturated carbocycles. The minimum Gasteiger partial charge on any atom is -0.490 e. The Balaban J connectivity index is 2.12. The molecular weight excluding hydrogens is 351 g/mol. The molecular formula is C13H15Br2FO. The Kier molecular flexibility index (Phi) is 3.83. The first-order valence-corrected chi connectivity index (χ1v) is 7.43. The van der Waals surface area contributed by atoms with Crippen LogP contribution >= 0.6 is 31.9 Å². The van der Waals surface area contributed by atoms with Crippen LogP contribution in [0.2, 0.25) is 0 Å². The Hall–Kier alpha value is -0.0900. The number of alkyl halides is 1. The second-order valence-electron chi connectivity index (χ2n) is 4.77. The van der Waals surface area contributed by atoms with E-state index in [0.29, 0.717) is 15.0 Å². The second kappa shape index (κ2) is 4.88. The number of hydrogen-bond donors (Lipinski definition) is 0. The van der Waals surface area contributed by atoms with E-state index in [1.165, 1.54) is 12.1 Å². The first-order chi connectivity index (χ1) is 7.95. The molecule has 0 amide bonds. The zero-order valence-corrected chi connectivity index (χ0v) is 13.0. The van der Waals surface area contributed by atoms with Crippen molar-refractivity contribution in [2.24, 2.45) is 5.41 Å². The van der Waals surface area contributed by atoms with Gasteiger partial charge in [-0.3, -0.25) is 0 Å². The van der Waals surface area contributed by atoms with Crippen molar-refractivity contribution in [1.29, 1.82) is 0 Å². The van der Waals surface area contributed by atoms with E-state index < -0.39 is 0 Å². The van der Waals surface area contributed by atoms with Crippen molar-refractivity contribution in [2.75, 3.05) is 0 Å². The van der Waals surface area contributed by atoms with E-state index in [1.54, 1.807) is 6.07 Å². The van der Waals surface area contributed by atoms with E-state index in [1.807, 2.05) is 0 Å². The fourth-order valence-electron chi connectivity index (χ4n) is 2.16. The van der Waals surface area contributed by atoms with Crippen LogP contribution in [-0.2, 0) is 0 Å². The first kappa shape index (κ1) is 13.3. The van der Waals surface area contributed by atoms with Gasteiger partial charge in [0.05, 0.1) is 0 Å².